The van der Waals surface area contributed by atoms with Gasteiger partial charge in [0.2, 0.25) is 0 Å². The number of benzene rings is 1. The Morgan fingerprint density at radius 3 is 2.00 bits per heavy atom. The number of ether oxygens (including phenoxy) is 2. The molecule has 0 fully saturated rings. The van der Waals surface area contributed by atoms with Gasteiger partial charge >= 0.3 is 0 Å². The first-order valence-corrected chi connectivity index (χ1v) is 7.06. The van der Waals surface area contributed by atoms with E-state index in [0.29, 0.717) is 0 Å². The first-order chi connectivity index (χ1) is 8.99. The Balaban J connectivity index is 2.90. The Morgan fingerprint density at radius 1 is 1.11 bits per heavy atom. The lowest BCUT2D eigenvalue weighted by Crippen LogP contribution is -2.42. The molecule has 1 atom stereocenters. The summed E-state index contributed by atoms with van der Waals surface area (Å²) < 4.78 is 11.3. The van der Waals surface area contributed by atoms with E-state index in [1.807, 2.05) is 38.1 Å². The van der Waals surface area contributed by atoms with Crippen molar-refractivity contribution in [2.45, 2.75) is 58.3 Å². The minimum Gasteiger partial charge on any atom is -0.491 e. The lowest BCUT2D eigenvalue weighted by molar-refractivity contribution is -0.0385. The van der Waals surface area contributed by atoms with Crippen LogP contribution in [0.3, 0.4) is 0 Å². The van der Waals surface area contributed by atoms with Crippen molar-refractivity contribution in [2.24, 2.45) is 5.73 Å². The molecule has 0 saturated heterocycles. The molecule has 0 aliphatic carbocycles. The Morgan fingerprint density at radius 2 is 1.63 bits per heavy atom. The largest absolute Gasteiger partial charge is 0.491 e. The fraction of sp³-hybridized carbons (Fsp3) is 0.625. The molecule has 108 valence electrons. The predicted octanol–water partition coefficient (Wildman–Crippen LogP) is 3.68. The van der Waals surface area contributed by atoms with Crippen molar-refractivity contribution in [3.05, 3.63) is 29.8 Å². The minimum atomic E-state index is -0.291. The second-order valence-electron chi connectivity index (χ2n) is 5.19. The van der Waals surface area contributed by atoms with E-state index < -0.39 is 0 Å². The number of hydrogen-bond acceptors (Lipinski definition) is 3. The molecule has 0 spiro atoms. The van der Waals surface area contributed by atoms with Crippen LogP contribution in [0.5, 0.6) is 5.75 Å². The van der Waals surface area contributed by atoms with E-state index in [4.69, 9.17) is 15.2 Å². The van der Waals surface area contributed by atoms with Gasteiger partial charge in [0.1, 0.15) is 5.75 Å². The molecule has 19 heavy (non-hydrogen) atoms. The van der Waals surface area contributed by atoms with Gasteiger partial charge in [-0.15, -0.1) is 0 Å². The van der Waals surface area contributed by atoms with E-state index in [-0.39, 0.29) is 17.7 Å². The van der Waals surface area contributed by atoms with Gasteiger partial charge < -0.3 is 15.2 Å². The maximum atomic E-state index is 6.39. The van der Waals surface area contributed by atoms with Gasteiger partial charge in [0.15, 0.2) is 0 Å². The highest BCUT2D eigenvalue weighted by molar-refractivity contribution is 5.30. The van der Waals surface area contributed by atoms with Crippen molar-refractivity contribution in [1.29, 1.82) is 0 Å². The van der Waals surface area contributed by atoms with E-state index in [9.17, 15) is 0 Å². The zero-order chi connectivity index (χ0) is 14.5. The van der Waals surface area contributed by atoms with E-state index in [0.717, 1.165) is 24.2 Å². The van der Waals surface area contributed by atoms with Crippen LogP contribution in [0, 0.1) is 0 Å². The van der Waals surface area contributed by atoms with E-state index in [1.54, 1.807) is 7.11 Å². The second kappa shape index (κ2) is 6.92. The van der Waals surface area contributed by atoms with E-state index in [2.05, 4.69) is 13.8 Å². The SMILES string of the molecule is CCC(CC)(OC)C(N)c1ccc(OC(C)C)cc1. The fourth-order valence-corrected chi connectivity index (χ4v) is 2.44. The molecule has 1 rings (SSSR count). The van der Waals surface area contributed by atoms with Crippen molar-refractivity contribution < 1.29 is 9.47 Å². The molecule has 0 radical (unpaired) electrons. The highest BCUT2D eigenvalue weighted by Gasteiger charge is 2.34. The van der Waals surface area contributed by atoms with Gasteiger partial charge in [-0.3, -0.25) is 0 Å². The third-order valence-corrected chi connectivity index (χ3v) is 3.78. The van der Waals surface area contributed by atoms with Crippen LogP contribution < -0.4 is 10.5 Å². The van der Waals surface area contributed by atoms with Crippen molar-refractivity contribution in [1.82, 2.24) is 0 Å². The quantitative estimate of drug-likeness (QED) is 0.818. The summed E-state index contributed by atoms with van der Waals surface area (Å²) in [5, 5.41) is 0. The number of methoxy groups -OCH3 is 1. The van der Waals surface area contributed by atoms with E-state index >= 15 is 0 Å². The summed E-state index contributed by atoms with van der Waals surface area (Å²) in [5.74, 6) is 0.877. The third-order valence-electron chi connectivity index (χ3n) is 3.78. The summed E-state index contributed by atoms with van der Waals surface area (Å²) in [4.78, 5) is 0. The topological polar surface area (TPSA) is 44.5 Å². The molecule has 0 amide bonds. The highest BCUT2D eigenvalue weighted by Crippen LogP contribution is 2.33. The van der Waals surface area contributed by atoms with Crippen LogP contribution in [0.4, 0.5) is 0 Å². The fourth-order valence-electron chi connectivity index (χ4n) is 2.44. The summed E-state index contributed by atoms with van der Waals surface area (Å²) in [6.45, 7) is 8.26. The normalized spacial score (nSPS) is 13.6. The van der Waals surface area contributed by atoms with Gasteiger partial charge in [-0.2, -0.15) is 0 Å². The molecule has 0 heterocycles. The lowest BCUT2D eigenvalue weighted by atomic mass is 9.84. The Kier molecular flexibility index (Phi) is 5.83. The standard InChI is InChI=1S/C16H27NO2/c1-6-16(7-2,18-5)15(17)13-8-10-14(11-9-13)19-12(3)4/h8-12,15H,6-7,17H2,1-5H3. The minimum absolute atomic E-state index is 0.124. The molecular weight excluding hydrogens is 238 g/mol. The van der Waals surface area contributed by atoms with E-state index in [1.165, 1.54) is 0 Å². The van der Waals surface area contributed by atoms with Crippen LogP contribution in [-0.4, -0.2) is 18.8 Å². The Bertz CT molecular complexity index is 361. The third kappa shape index (κ3) is 3.71. The first kappa shape index (κ1) is 16.0. The number of rotatable bonds is 7. The maximum absolute atomic E-state index is 6.39. The molecule has 0 aliphatic heterocycles. The van der Waals surface area contributed by atoms with Gasteiger partial charge in [-0.05, 0) is 44.4 Å². The van der Waals surface area contributed by atoms with Gasteiger partial charge in [-0.1, -0.05) is 26.0 Å². The molecule has 0 bridgehead atoms. The van der Waals surface area contributed by atoms with Crippen molar-refractivity contribution in [3.8, 4) is 5.75 Å². The van der Waals surface area contributed by atoms with Gasteiger partial charge in [0.05, 0.1) is 17.7 Å². The van der Waals surface area contributed by atoms with Crippen molar-refractivity contribution in [3.63, 3.8) is 0 Å². The van der Waals surface area contributed by atoms with Crippen molar-refractivity contribution in [2.75, 3.05) is 7.11 Å². The Hall–Kier alpha value is -1.06. The monoisotopic (exact) mass is 265 g/mol. The van der Waals surface area contributed by atoms with Crippen LogP contribution in [0.25, 0.3) is 0 Å². The average molecular weight is 265 g/mol. The summed E-state index contributed by atoms with van der Waals surface area (Å²) >= 11 is 0. The molecule has 0 aromatic heterocycles. The molecule has 0 aliphatic rings. The second-order valence-corrected chi connectivity index (χ2v) is 5.19. The molecule has 0 saturated carbocycles. The zero-order valence-electron chi connectivity index (χ0n) is 12.8. The summed E-state index contributed by atoms with van der Waals surface area (Å²) in [6, 6.07) is 7.88. The molecule has 3 nitrogen and oxygen atoms in total. The van der Waals surface area contributed by atoms with Crippen LogP contribution in [-0.2, 0) is 4.74 Å². The first-order valence-electron chi connectivity index (χ1n) is 7.06. The van der Waals surface area contributed by atoms with Crippen LogP contribution in [0.1, 0.15) is 52.1 Å². The van der Waals surface area contributed by atoms with Gasteiger partial charge in [0.25, 0.3) is 0 Å². The highest BCUT2D eigenvalue weighted by atomic mass is 16.5. The van der Waals surface area contributed by atoms with Gasteiger partial charge in [0, 0.05) is 7.11 Å². The summed E-state index contributed by atoms with van der Waals surface area (Å²) in [5.41, 5.74) is 7.18. The summed E-state index contributed by atoms with van der Waals surface area (Å²) in [6.07, 6.45) is 1.97. The molecule has 1 aromatic carbocycles. The average Bonchev–Trinajstić information content (AvgIpc) is 2.41. The lowest BCUT2D eigenvalue weighted by Gasteiger charge is -2.36. The van der Waals surface area contributed by atoms with Crippen LogP contribution in [0.2, 0.25) is 0 Å². The summed E-state index contributed by atoms with van der Waals surface area (Å²) in [7, 11) is 1.74. The molecule has 1 unspecified atom stereocenters. The zero-order valence-corrected chi connectivity index (χ0v) is 12.8. The number of nitrogens with two attached hydrogens (primary N) is 1. The van der Waals surface area contributed by atoms with Crippen LogP contribution in [0.15, 0.2) is 24.3 Å². The van der Waals surface area contributed by atoms with Crippen molar-refractivity contribution >= 4 is 0 Å². The van der Waals surface area contributed by atoms with Gasteiger partial charge in [-0.25, -0.2) is 0 Å². The number of hydrogen-bond donors (Lipinski definition) is 1. The smallest absolute Gasteiger partial charge is 0.119 e. The maximum Gasteiger partial charge on any atom is 0.119 e. The predicted molar refractivity (Wildman–Crippen MR) is 79.5 cm³/mol. The molecule has 1 aromatic rings. The Labute approximate surface area is 117 Å². The molecule has 2 N–H and O–H groups in total. The van der Waals surface area contributed by atoms with Crippen LogP contribution >= 0.6 is 0 Å². The molecule has 3 heteroatoms. The molecular formula is C16H27NO2.